The number of nitrogens with two attached hydrogens (primary N) is 2. The molecule has 0 fully saturated rings. The minimum atomic E-state index is -0.787. The number of aliphatic hydroxyl groups is 1. The van der Waals surface area contributed by atoms with Gasteiger partial charge in [-0.15, -0.1) is 0 Å². The second-order valence-corrected chi connectivity index (χ2v) is 2.98. The van der Waals surface area contributed by atoms with E-state index in [1.165, 1.54) is 0 Å². The third-order valence-corrected chi connectivity index (χ3v) is 1.92. The minimum absolute atomic E-state index is 0.120. The van der Waals surface area contributed by atoms with E-state index in [0.717, 1.165) is 5.52 Å². The molecule has 0 spiro atoms. The van der Waals surface area contributed by atoms with Gasteiger partial charge in [0.2, 0.25) is 0 Å². The standard InChI is InChI=1S/C8H11N5O/c9-3-5(14)8-11-4-1-2-6(10)12-7(4)13-8/h1-2,5,14H,3,9H2,(H3,10,11,12,13). The second kappa shape index (κ2) is 3.24. The van der Waals surface area contributed by atoms with Gasteiger partial charge in [-0.25, -0.2) is 9.97 Å². The Balaban J connectivity index is 2.51. The van der Waals surface area contributed by atoms with Crippen LogP contribution in [0.15, 0.2) is 12.1 Å². The number of nitrogens with one attached hydrogen (secondary N) is 1. The van der Waals surface area contributed by atoms with Gasteiger partial charge in [0, 0.05) is 6.54 Å². The zero-order valence-corrected chi connectivity index (χ0v) is 7.44. The van der Waals surface area contributed by atoms with Crippen molar-refractivity contribution in [3.63, 3.8) is 0 Å². The summed E-state index contributed by atoms with van der Waals surface area (Å²) in [5.41, 5.74) is 12.0. The summed E-state index contributed by atoms with van der Waals surface area (Å²) in [5, 5.41) is 9.42. The van der Waals surface area contributed by atoms with Crippen molar-refractivity contribution in [1.82, 2.24) is 15.0 Å². The molecular weight excluding hydrogens is 182 g/mol. The van der Waals surface area contributed by atoms with Crippen molar-refractivity contribution in [1.29, 1.82) is 0 Å². The van der Waals surface area contributed by atoms with E-state index in [1.807, 2.05) is 0 Å². The van der Waals surface area contributed by atoms with Gasteiger partial charge < -0.3 is 21.6 Å². The van der Waals surface area contributed by atoms with E-state index in [2.05, 4.69) is 15.0 Å². The van der Waals surface area contributed by atoms with Crippen molar-refractivity contribution in [2.45, 2.75) is 6.10 Å². The lowest BCUT2D eigenvalue weighted by Crippen LogP contribution is -2.12. The molecule has 0 aliphatic rings. The van der Waals surface area contributed by atoms with E-state index in [-0.39, 0.29) is 6.54 Å². The molecule has 0 bridgehead atoms. The van der Waals surface area contributed by atoms with E-state index in [9.17, 15) is 5.11 Å². The van der Waals surface area contributed by atoms with Crippen LogP contribution in [0, 0.1) is 0 Å². The largest absolute Gasteiger partial charge is 0.384 e. The molecule has 0 radical (unpaired) electrons. The van der Waals surface area contributed by atoms with Crippen LogP contribution in [0.5, 0.6) is 0 Å². The molecule has 2 aromatic rings. The van der Waals surface area contributed by atoms with Crippen molar-refractivity contribution >= 4 is 17.0 Å². The average molecular weight is 193 g/mol. The number of aliphatic hydroxyl groups excluding tert-OH is 1. The van der Waals surface area contributed by atoms with Gasteiger partial charge >= 0.3 is 0 Å². The summed E-state index contributed by atoms with van der Waals surface area (Å²) in [6.07, 6.45) is -0.787. The third kappa shape index (κ3) is 1.40. The van der Waals surface area contributed by atoms with Gasteiger partial charge in [-0.3, -0.25) is 0 Å². The number of pyridine rings is 1. The van der Waals surface area contributed by atoms with Crippen LogP contribution in [0.4, 0.5) is 5.82 Å². The summed E-state index contributed by atoms with van der Waals surface area (Å²) in [6, 6.07) is 3.43. The van der Waals surface area contributed by atoms with E-state index < -0.39 is 6.10 Å². The molecule has 0 saturated carbocycles. The first-order chi connectivity index (χ1) is 6.70. The highest BCUT2D eigenvalue weighted by Crippen LogP contribution is 2.14. The predicted octanol–water partition coefficient (Wildman–Crippen LogP) is -0.468. The van der Waals surface area contributed by atoms with E-state index >= 15 is 0 Å². The van der Waals surface area contributed by atoms with Crippen LogP contribution in [0.1, 0.15) is 11.9 Å². The monoisotopic (exact) mass is 193 g/mol. The highest BCUT2D eigenvalue weighted by Gasteiger charge is 2.11. The Bertz CT molecular complexity index is 452. The zero-order valence-electron chi connectivity index (χ0n) is 7.44. The Labute approximate surface area is 80.0 Å². The number of anilines is 1. The highest BCUT2D eigenvalue weighted by molar-refractivity contribution is 5.72. The van der Waals surface area contributed by atoms with Crippen LogP contribution in [0.3, 0.4) is 0 Å². The summed E-state index contributed by atoms with van der Waals surface area (Å²) >= 11 is 0. The Morgan fingerprint density at radius 1 is 1.43 bits per heavy atom. The van der Waals surface area contributed by atoms with Crippen molar-refractivity contribution in [2.24, 2.45) is 5.73 Å². The number of aromatic nitrogens is 3. The van der Waals surface area contributed by atoms with Crippen LogP contribution < -0.4 is 11.5 Å². The highest BCUT2D eigenvalue weighted by atomic mass is 16.3. The molecule has 6 N–H and O–H groups in total. The first-order valence-corrected chi connectivity index (χ1v) is 4.21. The summed E-state index contributed by atoms with van der Waals surface area (Å²) in [5.74, 6) is 0.818. The summed E-state index contributed by atoms with van der Waals surface area (Å²) in [7, 11) is 0. The molecular formula is C8H11N5O. The van der Waals surface area contributed by atoms with Crippen molar-refractivity contribution in [3.8, 4) is 0 Å². The fourth-order valence-corrected chi connectivity index (χ4v) is 1.20. The van der Waals surface area contributed by atoms with Crippen molar-refractivity contribution in [2.75, 3.05) is 12.3 Å². The number of aromatic amines is 1. The summed E-state index contributed by atoms with van der Waals surface area (Å²) < 4.78 is 0. The molecule has 1 atom stereocenters. The Morgan fingerprint density at radius 2 is 2.21 bits per heavy atom. The lowest BCUT2D eigenvalue weighted by molar-refractivity contribution is 0.178. The van der Waals surface area contributed by atoms with Gasteiger partial charge in [-0.05, 0) is 12.1 Å². The number of nitrogen functional groups attached to an aromatic ring is 1. The van der Waals surface area contributed by atoms with Gasteiger partial charge in [0.1, 0.15) is 17.7 Å². The molecule has 74 valence electrons. The molecule has 6 nitrogen and oxygen atoms in total. The number of nitrogens with zero attached hydrogens (tertiary/aromatic N) is 2. The topological polar surface area (TPSA) is 114 Å². The number of hydrogen-bond donors (Lipinski definition) is 4. The summed E-state index contributed by atoms with van der Waals surface area (Å²) in [4.78, 5) is 11.0. The molecule has 0 amide bonds. The fraction of sp³-hybridized carbons (Fsp3) is 0.250. The molecule has 2 rings (SSSR count). The Morgan fingerprint density at radius 3 is 2.93 bits per heavy atom. The molecule has 0 aromatic carbocycles. The van der Waals surface area contributed by atoms with Gasteiger partial charge in [0.05, 0.1) is 5.52 Å². The number of rotatable bonds is 2. The lowest BCUT2D eigenvalue weighted by Gasteiger charge is -2.00. The van der Waals surface area contributed by atoms with Crippen molar-refractivity contribution in [3.05, 3.63) is 18.0 Å². The van der Waals surface area contributed by atoms with Gasteiger partial charge in [0.25, 0.3) is 0 Å². The normalized spacial score (nSPS) is 13.3. The predicted molar refractivity (Wildman–Crippen MR) is 52.3 cm³/mol. The number of hydrogen-bond acceptors (Lipinski definition) is 5. The molecule has 1 unspecified atom stereocenters. The molecule has 6 heteroatoms. The summed E-state index contributed by atoms with van der Waals surface area (Å²) in [6.45, 7) is 0.120. The van der Waals surface area contributed by atoms with Crippen LogP contribution in [-0.4, -0.2) is 26.6 Å². The minimum Gasteiger partial charge on any atom is -0.384 e. The number of fused-ring (bicyclic) bond motifs is 1. The first kappa shape index (κ1) is 8.92. The molecule has 0 saturated heterocycles. The third-order valence-electron chi connectivity index (χ3n) is 1.92. The van der Waals surface area contributed by atoms with Crippen molar-refractivity contribution < 1.29 is 5.11 Å². The number of imidazole rings is 1. The van der Waals surface area contributed by atoms with E-state index in [1.54, 1.807) is 12.1 Å². The maximum atomic E-state index is 9.42. The smallest absolute Gasteiger partial charge is 0.179 e. The maximum Gasteiger partial charge on any atom is 0.179 e. The van der Waals surface area contributed by atoms with Crippen LogP contribution in [0.25, 0.3) is 11.2 Å². The van der Waals surface area contributed by atoms with Gasteiger partial charge in [-0.1, -0.05) is 0 Å². The average Bonchev–Trinajstić information content (AvgIpc) is 2.59. The van der Waals surface area contributed by atoms with E-state index in [4.69, 9.17) is 11.5 Å². The quantitative estimate of drug-likeness (QED) is 0.515. The second-order valence-electron chi connectivity index (χ2n) is 2.98. The zero-order chi connectivity index (χ0) is 10.1. The van der Waals surface area contributed by atoms with E-state index in [0.29, 0.717) is 17.3 Å². The molecule has 2 heterocycles. The fourth-order valence-electron chi connectivity index (χ4n) is 1.20. The Kier molecular flexibility index (Phi) is 2.06. The van der Waals surface area contributed by atoms with Crippen LogP contribution >= 0.6 is 0 Å². The Hall–Kier alpha value is -1.66. The lowest BCUT2D eigenvalue weighted by atomic mass is 10.3. The van der Waals surface area contributed by atoms with Gasteiger partial charge in [0.15, 0.2) is 5.65 Å². The molecule has 2 aromatic heterocycles. The maximum absolute atomic E-state index is 9.42. The molecule has 14 heavy (non-hydrogen) atoms. The molecule has 0 aliphatic carbocycles. The molecule has 0 aliphatic heterocycles. The number of H-pyrrole nitrogens is 1. The van der Waals surface area contributed by atoms with Crippen LogP contribution in [0.2, 0.25) is 0 Å². The van der Waals surface area contributed by atoms with Crippen LogP contribution in [-0.2, 0) is 0 Å². The SMILES string of the molecule is NCC(O)c1nc2nc(N)ccc2[nH]1. The van der Waals surface area contributed by atoms with Gasteiger partial charge in [-0.2, -0.15) is 0 Å². The first-order valence-electron chi connectivity index (χ1n) is 4.21.